The minimum absolute atomic E-state index is 0.0954. The number of unbranched alkanes of at least 4 members (excludes halogenated alkanes) is 1. The van der Waals surface area contributed by atoms with Crippen LogP contribution >= 0.6 is 11.6 Å². The van der Waals surface area contributed by atoms with E-state index in [9.17, 15) is 13.2 Å². The highest BCUT2D eigenvalue weighted by Gasteiger charge is 2.26. The molecule has 0 amide bonds. The number of aryl methyl sites for hydroxylation is 1. The highest BCUT2D eigenvalue weighted by molar-refractivity contribution is 7.89. The van der Waals surface area contributed by atoms with E-state index in [4.69, 9.17) is 16.7 Å². The van der Waals surface area contributed by atoms with Gasteiger partial charge in [0, 0.05) is 0 Å². The van der Waals surface area contributed by atoms with Crippen molar-refractivity contribution in [2.75, 3.05) is 0 Å². The van der Waals surface area contributed by atoms with Crippen LogP contribution in [0.1, 0.15) is 31.7 Å². The first-order valence-corrected chi connectivity index (χ1v) is 8.16. The van der Waals surface area contributed by atoms with Crippen LogP contribution in [0.15, 0.2) is 23.1 Å². The molecule has 5 nitrogen and oxygen atoms in total. The molecule has 0 aliphatic heterocycles. The molecular formula is C13H18ClNO4S. The molecule has 1 aromatic carbocycles. The number of halogens is 1. The lowest BCUT2D eigenvalue weighted by molar-refractivity contribution is -0.139. The summed E-state index contributed by atoms with van der Waals surface area (Å²) in [5.74, 6) is -1.19. The monoisotopic (exact) mass is 319 g/mol. The second kappa shape index (κ2) is 7.06. The minimum Gasteiger partial charge on any atom is -0.480 e. The summed E-state index contributed by atoms with van der Waals surface area (Å²) in [6.45, 7) is 3.60. The van der Waals surface area contributed by atoms with E-state index in [1.54, 1.807) is 19.1 Å². The summed E-state index contributed by atoms with van der Waals surface area (Å²) in [5.41, 5.74) is 0.620. The predicted molar refractivity (Wildman–Crippen MR) is 77.5 cm³/mol. The Labute approximate surface area is 124 Å². The predicted octanol–water partition coefficient (Wildman–Crippen LogP) is 2.57. The molecule has 2 N–H and O–H groups in total. The van der Waals surface area contributed by atoms with Crippen LogP contribution in [0.2, 0.25) is 5.02 Å². The van der Waals surface area contributed by atoms with Gasteiger partial charge in [-0.05, 0) is 25.0 Å². The van der Waals surface area contributed by atoms with E-state index >= 15 is 0 Å². The molecule has 0 saturated carbocycles. The molecule has 0 fully saturated rings. The van der Waals surface area contributed by atoms with E-state index in [1.807, 2.05) is 6.92 Å². The molecule has 1 aromatic rings. The van der Waals surface area contributed by atoms with E-state index in [0.717, 1.165) is 6.42 Å². The highest BCUT2D eigenvalue weighted by atomic mass is 35.5. The minimum atomic E-state index is -3.95. The molecule has 20 heavy (non-hydrogen) atoms. The maximum absolute atomic E-state index is 12.2. The van der Waals surface area contributed by atoms with Crippen LogP contribution in [0.25, 0.3) is 0 Å². The maximum atomic E-state index is 12.2. The number of aliphatic carboxylic acids is 1. The van der Waals surface area contributed by atoms with Crippen LogP contribution in [0, 0.1) is 6.92 Å². The molecule has 7 heteroatoms. The Morgan fingerprint density at radius 1 is 1.45 bits per heavy atom. The zero-order valence-corrected chi connectivity index (χ0v) is 13.0. The highest BCUT2D eigenvalue weighted by Crippen LogP contribution is 2.24. The van der Waals surface area contributed by atoms with Gasteiger partial charge in [0.2, 0.25) is 10.0 Å². The van der Waals surface area contributed by atoms with Gasteiger partial charge in [-0.15, -0.1) is 0 Å². The number of nitrogens with one attached hydrogen (secondary N) is 1. The molecule has 0 spiro atoms. The van der Waals surface area contributed by atoms with Crippen molar-refractivity contribution in [3.05, 3.63) is 28.8 Å². The number of sulfonamides is 1. The van der Waals surface area contributed by atoms with Crippen molar-refractivity contribution in [2.24, 2.45) is 0 Å². The van der Waals surface area contributed by atoms with Gasteiger partial charge in [-0.25, -0.2) is 8.42 Å². The molecule has 1 atom stereocenters. The van der Waals surface area contributed by atoms with Gasteiger partial charge >= 0.3 is 5.97 Å². The van der Waals surface area contributed by atoms with Crippen molar-refractivity contribution in [3.63, 3.8) is 0 Å². The molecule has 0 aliphatic rings. The van der Waals surface area contributed by atoms with Crippen molar-refractivity contribution >= 4 is 27.6 Å². The first kappa shape index (κ1) is 16.9. The summed E-state index contributed by atoms with van der Waals surface area (Å²) in [5, 5.41) is 9.18. The molecule has 1 unspecified atom stereocenters. The van der Waals surface area contributed by atoms with Gasteiger partial charge in [-0.2, -0.15) is 4.72 Å². The quantitative estimate of drug-likeness (QED) is 0.809. The lowest BCUT2D eigenvalue weighted by Gasteiger charge is -2.15. The van der Waals surface area contributed by atoms with E-state index in [1.165, 1.54) is 6.07 Å². The number of carboxylic acids is 1. The molecule has 0 saturated heterocycles. The van der Waals surface area contributed by atoms with E-state index < -0.39 is 22.0 Å². The fraction of sp³-hybridized carbons (Fsp3) is 0.462. The van der Waals surface area contributed by atoms with Crippen LogP contribution in [0.5, 0.6) is 0 Å². The third kappa shape index (κ3) is 4.19. The van der Waals surface area contributed by atoms with Gasteiger partial charge in [0.1, 0.15) is 10.9 Å². The lowest BCUT2D eigenvalue weighted by atomic mass is 10.1. The summed E-state index contributed by atoms with van der Waals surface area (Å²) in [6.07, 6.45) is 1.66. The molecule has 0 aliphatic carbocycles. The van der Waals surface area contributed by atoms with Crippen LogP contribution in [0.4, 0.5) is 0 Å². The van der Waals surface area contributed by atoms with Crippen molar-refractivity contribution in [1.29, 1.82) is 0 Å². The molecule has 0 aromatic heterocycles. The summed E-state index contributed by atoms with van der Waals surface area (Å²) in [4.78, 5) is 11.0. The SMILES string of the molecule is CCCCC(NS(=O)(=O)c1cccc(C)c1Cl)C(=O)O. The molecule has 1 rings (SSSR count). The molecule has 0 heterocycles. The van der Waals surface area contributed by atoms with Crippen molar-refractivity contribution < 1.29 is 18.3 Å². The second-order valence-corrected chi connectivity index (χ2v) is 6.60. The first-order valence-electron chi connectivity index (χ1n) is 6.30. The van der Waals surface area contributed by atoms with Gasteiger partial charge in [-0.3, -0.25) is 4.79 Å². The number of hydrogen-bond acceptors (Lipinski definition) is 3. The maximum Gasteiger partial charge on any atom is 0.321 e. The average molecular weight is 320 g/mol. The summed E-state index contributed by atoms with van der Waals surface area (Å²) in [7, 11) is -3.95. The summed E-state index contributed by atoms with van der Waals surface area (Å²) in [6, 6.07) is 3.47. The molecular weight excluding hydrogens is 302 g/mol. The Bertz CT molecular complexity index is 586. The fourth-order valence-corrected chi connectivity index (χ4v) is 3.53. The third-order valence-electron chi connectivity index (χ3n) is 2.89. The topological polar surface area (TPSA) is 83.5 Å². The van der Waals surface area contributed by atoms with Gasteiger partial charge in [0.25, 0.3) is 0 Å². The lowest BCUT2D eigenvalue weighted by Crippen LogP contribution is -2.40. The standard InChI is InChI=1S/C13H18ClNO4S/c1-3-4-7-10(13(16)17)15-20(18,19)11-8-5-6-9(2)12(11)14/h5-6,8,10,15H,3-4,7H2,1-2H3,(H,16,17). The van der Waals surface area contributed by atoms with Gasteiger partial charge in [-0.1, -0.05) is 43.5 Å². The smallest absolute Gasteiger partial charge is 0.321 e. The largest absolute Gasteiger partial charge is 0.480 e. The number of hydrogen-bond donors (Lipinski definition) is 2. The Morgan fingerprint density at radius 2 is 2.10 bits per heavy atom. The number of carbonyl (C=O) groups is 1. The van der Waals surface area contributed by atoms with Crippen molar-refractivity contribution in [1.82, 2.24) is 4.72 Å². The van der Waals surface area contributed by atoms with Crippen LogP contribution in [-0.4, -0.2) is 25.5 Å². The summed E-state index contributed by atoms with van der Waals surface area (Å²) >= 11 is 5.98. The Kier molecular flexibility index (Phi) is 5.98. The van der Waals surface area contributed by atoms with Crippen LogP contribution < -0.4 is 4.72 Å². The van der Waals surface area contributed by atoms with E-state index in [-0.39, 0.29) is 16.3 Å². The zero-order valence-electron chi connectivity index (χ0n) is 11.4. The average Bonchev–Trinajstić information content (AvgIpc) is 2.37. The van der Waals surface area contributed by atoms with Crippen molar-refractivity contribution in [3.8, 4) is 0 Å². The Balaban J connectivity index is 3.04. The second-order valence-electron chi connectivity index (χ2n) is 4.54. The van der Waals surface area contributed by atoms with Gasteiger partial charge < -0.3 is 5.11 Å². The first-order chi connectivity index (χ1) is 9.29. The number of carboxylic acid groups (broad SMARTS) is 1. The Morgan fingerprint density at radius 3 is 2.65 bits per heavy atom. The van der Waals surface area contributed by atoms with E-state index in [2.05, 4.69) is 4.72 Å². The number of rotatable bonds is 7. The summed E-state index contributed by atoms with van der Waals surface area (Å²) < 4.78 is 26.6. The van der Waals surface area contributed by atoms with Gasteiger partial charge in [0.15, 0.2) is 0 Å². The Hall–Kier alpha value is -1.11. The molecule has 0 bridgehead atoms. The van der Waals surface area contributed by atoms with Gasteiger partial charge in [0.05, 0.1) is 5.02 Å². The zero-order chi connectivity index (χ0) is 15.3. The van der Waals surface area contributed by atoms with Crippen LogP contribution in [-0.2, 0) is 14.8 Å². The fourth-order valence-electron chi connectivity index (χ4n) is 1.72. The van der Waals surface area contributed by atoms with Crippen LogP contribution in [0.3, 0.4) is 0 Å². The molecule has 0 radical (unpaired) electrons. The molecule has 112 valence electrons. The number of benzene rings is 1. The van der Waals surface area contributed by atoms with Crippen molar-refractivity contribution in [2.45, 2.75) is 44.0 Å². The normalized spacial score (nSPS) is 13.2. The van der Waals surface area contributed by atoms with E-state index in [0.29, 0.717) is 12.0 Å². The third-order valence-corrected chi connectivity index (χ3v) is 5.02.